The first-order chi connectivity index (χ1) is 12.5. The largest absolute Gasteiger partial charge is 0.427 e. The standard InChI is InChI=1S/C20H21N3O3/c1-13(24)26-19-9-7-16-10-18(8-6-17(16)11-19)23-20(25)15-4-2-14(3-5-15)12-22-21/h2-5,7,9,11-12,18H,6,8,10,21H2,1H3,(H,23,25). The second kappa shape index (κ2) is 7.82. The average molecular weight is 351 g/mol. The molecule has 2 aromatic carbocycles. The molecule has 0 fully saturated rings. The third-order valence-electron chi connectivity index (χ3n) is 4.40. The summed E-state index contributed by atoms with van der Waals surface area (Å²) in [4.78, 5) is 23.5. The minimum Gasteiger partial charge on any atom is -0.427 e. The number of hydrazone groups is 1. The van der Waals surface area contributed by atoms with Crippen molar-refractivity contribution in [1.29, 1.82) is 0 Å². The van der Waals surface area contributed by atoms with Gasteiger partial charge >= 0.3 is 5.97 Å². The molecule has 134 valence electrons. The number of carbonyl (C=O) groups is 2. The molecule has 2 aromatic rings. The Bertz CT molecular complexity index is 844. The number of nitrogens with one attached hydrogen (secondary N) is 1. The Kier molecular flexibility index (Phi) is 5.31. The van der Waals surface area contributed by atoms with Gasteiger partial charge in [0.15, 0.2) is 0 Å². The third-order valence-corrected chi connectivity index (χ3v) is 4.40. The molecule has 6 heteroatoms. The van der Waals surface area contributed by atoms with E-state index in [0.717, 1.165) is 24.8 Å². The molecule has 3 N–H and O–H groups in total. The van der Waals surface area contributed by atoms with Gasteiger partial charge in [-0.05, 0) is 60.2 Å². The Balaban J connectivity index is 1.63. The van der Waals surface area contributed by atoms with Crippen LogP contribution < -0.4 is 15.9 Å². The van der Waals surface area contributed by atoms with E-state index in [0.29, 0.717) is 11.3 Å². The monoisotopic (exact) mass is 351 g/mol. The van der Waals surface area contributed by atoms with E-state index in [2.05, 4.69) is 10.4 Å². The Morgan fingerprint density at radius 1 is 1.19 bits per heavy atom. The summed E-state index contributed by atoms with van der Waals surface area (Å²) < 4.78 is 5.13. The molecule has 0 heterocycles. The van der Waals surface area contributed by atoms with E-state index < -0.39 is 0 Å². The van der Waals surface area contributed by atoms with E-state index in [-0.39, 0.29) is 17.9 Å². The van der Waals surface area contributed by atoms with E-state index in [9.17, 15) is 9.59 Å². The van der Waals surface area contributed by atoms with E-state index in [1.807, 2.05) is 12.1 Å². The second-order valence-electron chi connectivity index (χ2n) is 6.34. The highest BCUT2D eigenvalue weighted by atomic mass is 16.5. The summed E-state index contributed by atoms with van der Waals surface area (Å²) in [6.07, 6.45) is 3.98. The van der Waals surface area contributed by atoms with Crippen LogP contribution in [-0.4, -0.2) is 24.1 Å². The predicted molar refractivity (Wildman–Crippen MR) is 99.3 cm³/mol. The highest BCUT2D eigenvalue weighted by Gasteiger charge is 2.21. The summed E-state index contributed by atoms with van der Waals surface area (Å²) in [5.41, 5.74) is 3.79. The van der Waals surface area contributed by atoms with Gasteiger partial charge in [0.25, 0.3) is 5.91 Å². The van der Waals surface area contributed by atoms with Gasteiger partial charge < -0.3 is 15.9 Å². The smallest absolute Gasteiger partial charge is 0.308 e. The fraction of sp³-hybridized carbons (Fsp3) is 0.250. The van der Waals surface area contributed by atoms with Gasteiger partial charge in [-0.15, -0.1) is 0 Å². The van der Waals surface area contributed by atoms with E-state index >= 15 is 0 Å². The first kappa shape index (κ1) is 17.7. The maximum Gasteiger partial charge on any atom is 0.308 e. The van der Waals surface area contributed by atoms with Crippen LogP contribution >= 0.6 is 0 Å². The number of aryl methyl sites for hydroxylation is 1. The van der Waals surface area contributed by atoms with Gasteiger partial charge in [0.05, 0.1) is 6.21 Å². The number of hydrogen-bond donors (Lipinski definition) is 2. The molecule has 1 aliphatic carbocycles. The summed E-state index contributed by atoms with van der Waals surface area (Å²) >= 11 is 0. The Hall–Kier alpha value is -3.15. The van der Waals surface area contributed by atoms with Crippen molar-refractivity contribution < 1.29 is 14.3 Å². The summed E-state index contributed by atoms with van der Waals surface area (Å²) in [6.45, 7) is 1.39. The van der Waals surface area contributed by atoms with Crippen LogP contribution in [0.5, 0.6) is 5.75 Å². The molecule has 3 rings (SSSR count). The molecule has 1 unspecified atom stereocenters. The minimum atomic E-state index is -0.324. The normalized spacial score (nSPS) is 16.1. The molecule has 0 saturated heterocycles. The second-order valence-corrected chi connectivity index (χ2v) is 6.34. The molecule has 0 aromatic heterocycles. The zero-order chi connectivity index (χ0) is 18.5. The van der Waals surface area contributed by atoms with Gasteiger partial charge in [0.1, 0.15) is 5.75 Å². The van der Waals surface area contributed by atoms with Crippen LogP contribution in [0.3, 0.4) is 0 Å². The topological polar surface area (TPSA) is 93.8 Å². The number of ether oxygens (including phenoxy) is 1. The van der Waals surface area contributed by atoms with Gasteiger partial charge in [-0.25, -0.2) is 0 Å². The van der Waals surface area contributed by atoms with Crippen molar-refractivity contribution in [2.24, 2.45) is 10.9 Å². The zero-order valence-corrected chi connectivity index (χ0v) is 14.6. The molecule has 6 nitrogen and oxygen atoms in total. The van der Waals surface area contributed by atoms with Crippen molar-refractivity contribution in [3.05, 3.63) is 64.7 Å². The molecule has 0 bridgehead atoms. The number of rotatable bonds is 4. The van der Waals surface area contributed by atoms with Crippen LogP contribution in [0, 0.1) is 0 Å². The Morgan fingerprint density at radius 2 is 1.96 bits per heavy atom. The fourth-order valence-electron chi connectivity index (χ4n) is 3.16. The predicted octanol–water partition coefficient (Wildman–Crippen LogP) is 2.19. The third kappa shape index (κ3) is 4.27. The van der Waals surface area contributed by atoms with Gasteiger partial charge in [-0.3, -0.25) is 9.59 Å². The molecule has 26 heavy (non-hydrogen) atoms. The van der Waals surface area contributed by atoms with Crippen LogP contribution in [0.4, 0.5) is 0 Å². The van der Waals surface area contributed by atoms with Crippen LogP contribution in [0.25, 0.3) is 0 Å². The molecule has 1 aliphatic rings. The maximum absolute atomic E-state index is 12.4. The number of benzene rings is 2. The van der Waals surface area contributed by atoms with Crippen LogP contribution in [0.2, 0.25) is 0 Å². The van der Waals surface area contributed by atoms with Crippen molar-refractivity contribution in [3.8, 4) is 5.75 Å². The van der Waals surface area contributed by atoms with Crippen molar-refractivity contribution in [3.63, 3.8) is 0 Å². The number of amides is 1. The quantitative estimate of drug-likeness (QED) is 0.290. The summed E-state index contributed by atoms with van der Waals surface area (Å²) in [5.74, 6) is 5.27. The number of carbonyl (C=O) groups excluding carboxylic acids is 2. The highest BCUT2D eigenvalue weighted by molar-refractivity contribution is 5.95. The molecule has 0 spiro atoms. The summed E-state index contributed by atoms with van der Waals surface area (Å²) in [6, 6.07) is 12.9. The lowest BCUT2D eigenvalue weighted by molar-refractivity contribution is -0.131. The molecular weight excluding hydrogens is 330 g/mol. The lowest BCUT2D eigenvalue weighted by atomic mass is 9.88. The molecule has 1 amide bonds. The first-order valence-corrected chi connectivity index (χ1v) is 8.49. The molecule has 0 aliphatic heterocycles. The van der Waals surface area contributed by atoms with E-state index in [1.165, 1.54) is 24.3 Å². The van der Waals surface area contributed by atoms with Crippen molar-refractivity contribution in [1.82, 2.24) is 5.32 Å². The maximum atomic E-state index is 12.4. The number of esters is 1. The van der Waals surface area contributed by atoms with E-state index in [4.69, 9.17) is 10.6 Å². The number of fused-ring (bicyclic) bond motifs is 1. The molecule has 1 atom stereocenters. The first-order valence-electron chi connectivity index (χ1n) is 8.49. The number of nitrogens with zero attached hydrogens (tertiary/aromatic N) is 1. The minimum absolute atomic E-state index is 0.0832. The van der Waals surface area contributed by atoms with Crippen LogP contribution in [0.1, 0.15) is 40.4 Å². The lowest BCUT2D eigenvalue weighted by Gasteiger charge is -2.26. The molecule has 0 saturated carbocycles. The summed E-state index contributed by atoms with van der Waals surface area (Å²) in [5, 5.41) is 6.56. The van der Waals surface area contributed by atoms with Crippen LogP contribution in [0.15, 0.2) is 47.6 Å². The SMILES string of the molecule is CC(=O)Oc1ccc2c(c1)CCC(NC(=O)c1ccc(C=NN)cc1)C2. The number of hydrogen-bond acceptors (Lipinski definition) is 5. The lowest BCUT2D eigenvalue weighted by Crippen LogP contribution is -2.38. The Morgan fingerprint density at radius 3 is 2.65 bits per heavy atom. The Labute approximate surface area is 152 Å². The van der Waals surface area contributed by atoms with Gasteiger partial charge in [-0.1, -0.05) is 18.2 Å². The molecule has 0 radical (unpaired) electrons. The molecular formula is C20H21N3O3. The summed E-state index contributed by atoms with van der Waals surface area (Å²) in [7, 11) is 0. The van der Waals surface area contributed by atoms with Gasteiger partial charge in [0.2, 0.25) is 0 Å². The van der Waals surface area contributed by atoms with Crippen molar-refractivity contribution in [2.45, 2.75) is 32.2 Å². The number of nitrogens with two attached hydrogens (primary N) is 1. The van der Waals surface area contributed by atoms with Gasteiger partial charge in [0, 0.05) is 18.5 Å². The fourth-order valence-corrected chi connectivity index (χ4v) is 3.16. The van der Waals surface area contributed by atoms with Crippen molar-refractivity contribution in [2.75, 3.05) is 0 Å². The average Bonchev–Trinajstić information content (AvgIpc) is 2.62. The highest BCUT2D eigenvalue weighted by Crippen LogP contribution is 2.26. The van der Waals surface area contributed by atoms with Gasteiger partial charge in [-0.2, -0.15) is 5.10 Å². The van der Waals surface area contributed by atoms with Crippen molar-refractivity contribution >= 4 is 18.1 Å². The van der Waals surface area contributed by atoms with Crippen LogP contribution in [-0.2, 0) is 17.6 Å². The van der Waals surface area contributed by atoms with E-state index in [1.54, 1.807) is 30.3 Å². The zero-order valence-electron chi connectivity index (χ0n) is 14.6.